The van der Waals surface area contributed by atoms with Gasteiger partial charge in [0.25, 0.3) is 5.91 Å². The molecule has 1 amide bonds. The van der Waals surface area contributed by atoms with Gasteiger partial charge in [-0.15, -0.1) is 0 Å². The lowest BCUT2D eigenvalue weighted by molar-refractivity contribution is 0.0933. The number of aromatic nitrogens is 2. The van der Waals surface area contributed by atoms with E-state index in [4.69, 9.17) is 9.47 Å². The molecule has 0 aliphatic rings. The van der Waals surface area contributed by atoms with Crippen LogP contribution in [0.15, 0.2) is 53.3 Å². The third kappa shape index (κ3) is 4.62. The number of hydrogen-bond donors (Lipinski definition) is 1. The van der Waals surface area contributed by atoms with Crippen molar-refractivity contribution >= 4 is 27.5 Å². The van der Waals surface area contributed by atoms with Crippen molar-refractivity contribution < 1.29 is 14.3 Å². The number of carbonyl (C=O) groups is 1. The minimum Gasteiger partial charge on any atom is -0.490 e. The van der Waals surface area contributed by atoms with Crippen LogP contribution in [-0.4, -0.2) is 35.1 Å². The summed E-state index contributed by atoms with van der Waals surface area (Å²) < 4.78 is 13.8. The molecule has 0 unspecified atom stereocenters. The van der Waals surface area contributed by atoms with Crippen molar-refractivity contribution in [1.29, 1.82) is 0 Å². The van der Waals surface area contributed by atoms with Gasteiger partial charge in [-0.05, 0) is 47.1 Å². The third-order valence-electron chi connectivity index (χ3n) is 3.72. The summed E-state index contributed by atoms with van der Waals surface area (Å²) in [6.07, 6.45) is 3.82. The first-order chi connectivity index (χ1) is 12.7. The SMILES string of the molecule is CCOCCOc1ccccc1C(=O)NCc1cn2cc(Br)ccc2n1. The van der Waals surface area contributed by atoms with E-state index in [0.717, 1.165) is 15.8 Å². The van der Waals surface area contributed by atoms with Crippen LogP contribution in [0.5, 0.6) is 5.75 Å². The van der Waals surface area contributed by atoms with Gasteiger partial charge in [0.1, 0.15) is 18.0 Å². The molecule has 0 radical (unpaired) electrons. The van der Waals surface area contributed by atoms with Crippen molar-refractivity contribution in [2.45, 2.75) is 13.5 Å². The standard InChI is InChI=1S/C19H20BrN3O3/c1-2-25-9-10-26-17-6-4-3-5-16(17)19(24)21-11-15-13-23-12-14(20)7-8-18(23)22-15/h3-8,12-13H,2,9-11H2,1H3,(H,21,24). The fraction of sp³-hybridized carbons (Fsp3) is 0.263. The van der Waals surface area contributed by atoms with E-state index >= 15 is 0 Å². The van der Waals surface area contributed by atoms with Gasteiger partial charge in [-0.2, -0.15) is 0 Å². The zero-order chi connectivity index (χ0) is 18.4. The lowest BCUT2D eigenvalue weighted by Crippen LogP contribution is -2.24. The maximum atomic E-state index is 12.5. The number of rotatable bonds is 8. The molecular weight excluding hydrogens is 398 g/mol. The maximum absolute atomic E-state index is 12.5. The molecule has 1 aromatic carbocycles. The number of carbonyl (C=O) groups excluding carboxylic acids is 1. The van der Waals surface area contributed by atoms with Crippen LogP contribution in [0.1, 0.15) is 23.0 Å². The summed E-state index contributed by atoms with van der Waals surface area (Å²) in [5.41, 5.74) is 2.11. The van der Waals surface area contributed by atoms with Crippen LogP contribution in [-0.2, 0) is 11.3 Å². The number of fused-ring (bicyclic) bond motifs is 1. The van der Waals surface area contributed by atoms with Gasteiger partial charge in [0.05, 0.1) is 24.4 Å². The lowest BCUT2D eigenvalue weighted by atomic mass is 10.2. The second-order valence-electron chi connectivity index (χ2n) is 5.57. The number of nitrogens with one attached hydrogen (secondary N) is 1. The lowest BCUT2D eigenvalue weighted by Gasteiger charge is -2.11. The van der Waals surface area contributed by atoms with Gasteiger partial charge in [0.15, 0.2) is 0 Å². The number of nitrogens with zero attached hydrogens (tertiary/aromatic N) is 2. The van der Waals surface area contributed by atoms with Crippen molar-refractivity contribution in [3.05, 3.63) is 64.5 Å². The van der Waals surface area contributed by atoms with Crippen LogP contribution in [0.25, 0.3) is 5.65 Å². The molecule has 0 aliphatic heterocycles. The Morgan fingerprint density at radius 3 is 2.88 bits per heavy atom. The number of halogens is 1. The minimum absolute atomic E-state index is 0.199. The molecule has 26 heavy (non-hydrogen) atoms. The van der Waals surface area contributed by atoms with E-state index in [1.807, 2.05) is 48.0 Å². The highest BCUT2D eigenvalue weighted by Gasteiger charge is 2.12. The topological polar surface area (TPSA) is 64.9 Å². The van der Waals surface area contributed by atoms with E-state index in [0.29, 0.717) is 37.7 Å². The van der Waals surface area contributed by atoms with Crippen molar-refractivity contribution in [3.8, 4) is 5.75 Å². The van der Waals surface area contributed by atoms with Gasteiger partial charge in [-0.1, -0.05) is 12.1 Å². The predicted octanol–water partition coefficient (Wildman–Crippen LogP) is 3.44. The molecule has 136 valence electrons. The molecule has 0 spiro atoms. The second kappa shape index (κ2) is 8.82. The van der Waals surface area contributed by atoms with E-state index in [2.05, 4.69) is 26.2 Å². The average Bonchev–Trinajstić information content (AvgIpc) is 3.05. The predicted molar refractivity (Wildman–Crippen MR) is 102 cm³/mol. The van der Waals surface area contributed by atoms with Gasteiger partial charge in [0.2, 0.25) is 0 Å². The highest BCUT2D eigenvalue weighted by atomic mass is 79.9. The molecule has 0 saturated carbocycles. The van der Waals surface area contributed by atoms with E-state index in [1.54, 1.807) is 12.1 Å². The maximum Gasteiger partial charge on any atom is 0.255 e. The molecular formula is C19H20BrN3O3. The first-order valence-electron chi connectivity index (χ1n) is 8.38. The van der Waals surface area contributed by atoms with Crippen LogP contribution in [0, 0.1) is 0 Å². The van der Waals surface area contributed by atoms with Gasteiger partial charge in [0, 0.05) is 23.5 Å². The van der Waals surface area contributed by atoms with Gasteiger partial charge >= 0.3 is 0 Å². The van der Waals surface area contributed by atoms with Crippen LogP contribution in [0.4, 0.5) is 0 Å². The molecule has 0 fully saturated rings. The Bertz CT molecular complexity index is 895. The Morgan fingerprint density at radius 2 is 2.04 bits per heavy atom. The number of benzene rings is 1. The molecule has 2 heterocycles. The fourth-order valence-electron chi connectivity index (χ4n) is 2.50. The molecule has 0 bridgehead atoms. The van der Waals surface area contributed by atoms with Crippen LogP contribution in [0.2, 0.25) is 0 Å². The van der Waals surface area contributed by atoms with Gasteiger partial charge in [-0.3, -0.25) is 4.79 Å². The number of imidazole rings is 1. The van der Waals surface area contributed by atoms with Crippen LogP contribution < -0.4 is 10.1 Å². The first-order valence-corrected chi connectivity index (χ1v) is 9.17. The smallest absolute Gasteiger partial charge is 0.255 e. The van der Waals surface area contributed by atoms with E-state index < -0.39 is 0 Å². The van der Waals surface area contributed by atoms with Crippen LogP contribution >= 0.6 is 15.9 Å². The normalized spacial score (nSPS) is 10.8. The average molecular weight is 418 g/mol. The van der Waals surface area contributed by atoms with Crippen molar-refractivity contribution in [3.63, 3.8) is 0 Å². The largest absolute Gasteiger partial charge is 0.490 e. The molecule has 2 aromatic heterocycles. The monoisotopic (exact) mass is 417 g/mol. The molecule has 0 aliphatic carbocycles. The Labute approximate surface area is 160 Å². The third-order valence-corrected chi connectivity index (χ3v) is 4.19. The molecule has 6 nitrogen and oxygen atoms in total. The first kappa shape index (κ1) is 18.4. The number of para-hydroxylation sites is 1. The molecule has 0 atom stereocenters. The Morgan fingerprint density at radius 1 is 1.19 bits per heavy atom. The molecule has 1 N–H and O–H groups in total. The minimum atomic E-state index is -0.199. The number of pyridine rings is 1. The highest BCUT2D eigenvalue weighted by molar-refractivity contribution is 9.10. The Hall–Kier alpha value is -2.38. The summed E-state index contributed by atoms with van der Waals surface area (Å²) in [6.45, 7) is 3.80. The summed E-state index contributed by atoms with van der Waals surface area (Å²) in [5.74, 6) is 0.346. The molecule has 3 rings (SSSR count). The van der Waals surface area contributed by atoms with Crippen LogP contribution in [0.3, 0.4) is 0 Å². The number of amides is 1. The Kier molecular flexibility index (Phi) is 6.25. The zero-order valence-corrected chi connectivity index (χ0v) is 16.0. The van der Waals surface area contributed by atoms with E-state index in [9.17, 15) is 4.79 Å². The Balaban J connectivity index is 1.63. The summed E-state index contributed by atoms with van der Waals surface area (Å²) in [5, 5.41) is 2.90. The van der Waals surface area contributed by atoms with Gasteiger partial charge < -0.3 is 19.2 Å². The van der Waals surface area contributed by atoms with Crippen molar-refractivity contribution in [2.24, 2.45) is 0 Å². The number of ether oxygens (including phenoxy) is 2. The van der Waals surface area contributed by atoms with Gasteiger partial charge in [-0.25, -0.2) is 4.98 Å². The second-order valence-corrected chi connectivity index (χ2v) is 6.48. The summed E-state index contributed by atoms with van der Waals surface area (Å²) in [7, 11) is 0. The van der Waals surface area contributed by atoms with E-state index in [1.165, 1.54) is 0 Å². The number of hydrogen-bond acceptors (Lipinski definition) is 4. The van der Waals surface area contributed by atoms with Crippen molar-refractivity contribution in [2.75, 3.05) is 19.8 Å². The summed E-state index contributed by atoms with van der Waals surface area (Å²) in [6, 6.07) is 11.0. The fourth-order valence-corrected chi connectivity index (χ4v) is 2.86. The summed E-state index contributed by atoms with van der Waals surface area (Å²) in [4.78, 5) is 17.0. The van der Waals surface area contributed by atoms with E-state index in [-0.39, 0.29) is 5.91 Å². The quantitative estimate of drug-likeness (QED) is 0.570. The molecule has 3 aromatic rings. The summed E-state index contributed by atoms with van der Waals surface area (Å²) >= 11 is 3.43. The van der Waals surface area contributed by atoms with Crippen molar-refractivity contribution in [1.82, 2.24) is 14.7 Å². The highest BCUT2D eigenvalue weighted by Crippen LogP contribution is 2.18. The molecule has 0 saturated heterocycles. The zero-order valence-electron chi connectivity index (χ0n) is 14.4. The molecule has 7 heteroatoms.